The number of carbonyl (C=O) groups is 2. The first kappa shape index (κ1) is 18.2. The lowest BCUT2D eigenvalue weighted by Crippen LogP contribution is -2.36. The minimum absolute atomic E-state index is 0.0608. The smallest absolute Gasteiger partial charge is 0.375 e. The summed E-state index contributed by atoms with van der Waals surface area (Å²) in [5, 5.41) is 1.82. The average molecular weight is 339 g/mol. The van der Waals surface area contributed by atoms with E-state index in [9.17, 15) is 22.8 Å². The van der Waals surface area contributed by atoms with E-state index >= 15 is 0 Å². The van der Waals surface area contributed by atoms with E-state index in [1.807, 2.05) is 0 Å². The highest BCUT2D eigenvalue weighted by atomic mass is 35.5. The summed E-state index contributed by atoms with van der Waals surface area (Å²) in [6.45, 7) is -0.505. The zero-order chi connectivity index (χ0) is 16.9. The number of hydrogen-bond acceptors (Lipinski definition) is 3. The Hall–Kier alpha value is -1.80. The van der Waals surface area contributed by atoms with Gasteiger partial charge in [-0.15, -0.1) is 0 Å². The number of amides is 2. The molecule has 1 aromatic rings. The molecule has 0 saturated carbocycles. The molecule has 0 aliphatic heterocycles. The normalized spacial score (nSPS) is 11.2. The minimum Gasteiger partial charge on any atom is -0.375 e. The Bertz CT molecular complexity index is 564. The van der Waals surface area contributed by atoms with Crippen LogP contribution in [0.2, 0.25) is 5.02 Å². The third kappa shape index (κ3) is 5.19. The maximum absolute atomic E-state index is 12.7. The highest BCUT2D eigenvalue weighted by Gasteiger charge is 2.33. The Morgan fingerprint density at radius 2 is 2.00 bits per heavy atom. The second-order valence-corrected chi connectivity index (χ2v) is 4.83. The van der Waals surface area contributed by atoms with E-state index in [0.717, 1.165) is 17.0 Å². The minimum atomic E-state index is -4.62. The van der Waals surface area contributed by atoms with Gasteiger partial charge in [0.15, 0.2) is 0 Å². The molecule has 1 aromatic carbocycles. The number of ether oxygens (including phenoxy) is 1. The van der Waals surface area contributed by atoms with Crippen LogP contribution in [0.15, 0.2) is 18.2 Å². The van der Waals surface area contributed by atoms with Gasteiger partial charge in [-0.05, 0) is 18.2 Å². The van der Waals surface area contributed by atoms with Crippen molar-refractivity contribution in [2.45, 2.75) is 6.18 Å². The third-order valence-corrected chi connectivity index (χ3v) is 2.96. The van der Waals surface area contributed by atoms with Crippen LogP contribution in [0.4, 0.5) is 18.9 Å². The Labute approximate surface area is 130 Å². The van der Waals surface area contributed by atoms with Crippen molar-refractivity contribution in [1.29, 1.82) is 0 Å². The van der Waals surface area contributed by atoms with Crippen molar-refractivity contribution in [1.82, 2.24) is 4.90 Å². The molecule has 22 heavy (non-hydrogen) atoms. The standard InChI is InChI=1S/C13H14ClF3N2O3/c1-19(12(21)7-22-2)6-11(20)18-8-3-4-10(14)9(5-8)13(15,16)17/h3-5H,6-7H2,1-2H3,(H,18,20). The molecule has 0 aromatic heterocycles. The van der Waals surface area contributed by atoms with Crippen molar-refractivity contribution in [3.8, 4) is 0 Å². The topological polar surface area (TPSA) is 58.6 Å². The molecule has 0 saturated heterocycles. The van der Waals surface area contributed by atoms with Gasteiger partial charge in [0.1, 0.15) is 6.61 Å². The van der Waals surface area contributed by atoms with Crippen molar-refractivity contribution in [2.75, 3.05) is 32.6 Å². The monoisotopic (exact) mass is 338 g/mol. The second-order valence-electron chi connectivity index (χ2n) is 4.42. The number of hydrogen-bond donors (Lipinski definition) is 1. The summed E-state index contributed by atoms with van der Waals surface area (Å²) in [6, 6.07) is 3.02. The molecule has 0 radical (unpaired) electrons. The molecular weight excluding hydrogens is 325 g/mol. The molecule has 0 aliphatic rings. The van der Waals surface area contributed by atoms with Crippen LogP contribution in [0.1, 0.15) is 5.56 Å². The molecule has 0 bridgehead atoms. The highest BCUT2D eigenvalue weighted by molar-refractivity contribution is 6.31. The highest BCUT2D eigenvalue weighted by Crippen LogP contribution is 2.36. The van der Waals surface area contributed by atoms with Crippen LogP contribution < -0.4 is 5.32 Å². The van der Waals surface area contributed by atoms with Crippen molar-refractivity contribution in [3.05, 3.63) is 28.8 Å². The first-order valence-electron chi connectivity index (χ1n) is 6.04. The van der Waals surface area contributed by atoms with Crippen molar-refractivity contribution in [3.63, 3.8) is 0 Å². The predicted octanol–water partition coefficient (Wildman–Crippen LogP) is 2.40. The molecule has 2 amide bonds. The molecule has 0 unspecified atom stereocenters. The zero-order valence-corrected chi connectivity index (χ0v) is 12.6. The van der Waals surface area contributed by atoms with E-state index in [0.29, 0.717) is 0 Å². The number of carbonyl (C=O) groups excluding carboxylic acids is 2. The summed E-state index contributed by atoms with van der Waals surface area (Å²) < 4.78 is 42.7. The van der Waals surface area contributed by atoms with Gasteiger partial charge >= 0.3 is 6.18 Å². The Balaban J connectivity index is 2.75. The van der Waals surface area contributed by atoms with Gasteiger partial charge in [-0.2, -0.15) is 13.2 Å². The number of rotatable bonds is 5. The number of anilines is 1. The molecule has 122 valence electrons. The quantitative estimate of drug-likeness (QED) is 0.897. The number of methoxy groups -OCH3 is 1. The average Bonchev–Trinajstić information content (AvgIpc) is 2.39. The van der Waals surface area contributed by atoms with Gasteiger partial charge in [-0.25, -0.2) is 0 Å². The molecule has 0 spiro atoms. The van der Waals surface area contributed by atoms with Gasteiger partial charge in [-0.1, -0.05) is 11.6 Å². The lowest BCUT2D eigenvalue weighted by Gasteiger charge is -2.17. The fourth-order valence-corrected chi connectivity index (χ4v) is 1.78. The number of likely N-dealkylation sites (N-methyl/N-ethyl adjacent to an activating group) is 1. The first-order chi connectivity index (χ1) is 10.1. The number of nitrogens with zero attached hydrogens (tertiary/aromatic N) is 1. The molecule has 5 nitrogen and oxygen atoms in total. The van der Waals surface area contributed by atoms with Crippen LogP contribution in [0, 0.1) is 0 Å². The number of nitrogens with one attached hydrogen (secondary N) is 1. The van der Waals surface area contributed by atoms with Gasteiger partial charge in [-0.3, -0.25) is 9.59 Å². The summed E-state index contributed by atoms with van der Waals surface area (Å²) in [7, 11) is 2.71. The predicted molar refractivity (Wildman–Crippen MR) is 74.6 cm³/mol. The maximum Gasteiger partial charge on any atom is 0.417 e. The maximum atomic E-state index is 12.7. The van der Waals surface area contributed by atoms with Gasteiger partial charge in [0, 0.05) is 19.8 Å². The van der Waals surface area contributed by atoms with Crippen molar-refractivity contribution >= 4 is 29.1 Å². The summed E-state index contributed by atoms with van der Waals surface area (Å²) in [4.78, 5) is 24.2. The Morgan fingerprint density at radius 3 is 2.55 bits per heavy atom. The fourth-order valence-electron chi connectivity index (χ4n) is 1.56. The lowest BCUT2D eigenvalue weighted by molar-refractivity contribution is -0.137. The van der Waals surface area contributed by atoms with Gasteiger partial charge in [0.05, 0.1) is 17.1 Å². The van der Waals surface area contributed by atoms with E-state index in [1.165, 1.54) is 20.2 Å². The number of alkyl halides is 3. The third-order valence-electron chi connectivity index (χ3n) is 2.63. The summed E-state index contributed by atoms with van der Waals surface area (Å²) in [5.41, 5.74) is -1.11. The van der Waals surface area contributed by atoms with E-state index in [4.69, 9.17) is 11.6 Å². The summed E-state index contributed by atoms with van der Waals surface area (Å²) >= 11 is 5.48. The summed E-state index contributed by atoms with van der Waals surface area (Å²) in [6.07, 6.45) is -4.62. The molecule has 9 heteroatoms. The van der Waals surface area contributed by atoms with E-state index in [-0.39, 0.29) is 18.8 Å². The van der Waals surface area contributed by atoms with Gasteiger partial charge in [0.25, 0.3) is 0 Å². The summed E-state index contributed by atoms with van der Waals surface area (Å²) in [5.74, 6) is -1.06. The molecule has 0 atom stereocenters. The van der Waals surface area contributed by atoms with Gasteiger partial charge in [0.2, 0.25) is 11.8 Å². The Morgan fingerprint density at radius 1 is 1.36 bits per heavy atom. The molecular formula is C13H14ClF3N2O3. The number of benzene rings is 1. The largest absolute Gasteiger partial charge is 0.417 e. The Kier molecular flexibility index (Phi) is 6.19. The van der Waals surface area contributed by atoms with E-state index < -0.39 is 28.6 Å². The first-order valence-corrected chi connectivity index (χ1v) is 6.42. The SMILES string of the molecule is COCC(=O)N(C)CC(=O)Nc1ccc(Cl)c(C(F)(F)F)c1. The van der Waals surface area contributed by atoms with Crippen LogP contribution >= 0.6 is 11.6 Å². The fraction of sp³-hybridized carbons (Fsp3) is 0.385. The molecule has 0 heterocycles. The van der Waals surface area contributed by atoms with Crippen LogP contribution in [-0.4, -0.2) is 44.0 Å². The van der Waals surface area contributed by atoms with Crippen LogP contribution in [0.3, 0.4) is 0 Å². The number of halogens is 4. The molecule has 1 rings (SSSR count). The lowest BCUT2D eigenvalue weighted by atomic mass is 10.2. The molecule has 0 fully saturated rings. The van der Waals surface area contributed by atoms with Gasteiger partial charge < -0.3 is 15.0 Å². The van der Waals surface area contributed by atoms with E-state index in [1.54, 1.807) is 0 Å². The van der Waals surface area contributed by atoms with Crippen molar-refractivity contribution in [2.24, 2.45) is 0 Å². The van der Waals surface area contributed by atoms with Crippen LogP contribution in [0.25, 0.3) is 0 Å². The molecule has 0 aliphatic carbocycles. The molecule has 1 N–H and O–H groups in total. The van der Waals surface area contributed by atoms with Crippen molar-refractivity contribution < 1.29 is 27.5 Å². The van der Waals surface area contributed by atoms with E-state index in [2.05, 4.69) is 10.1 Å². The zero-order valence-electron chi connectivity index (χ0n) is 11.8. The van der Waals surface area contributed by atoms with Crippen LogP contribution in [0.5, 0.6) is 0 Å². The van der Waals surface area contributed by atoms with Crippen LogP contribution in [-0.2, 0) is 20.5 Å². The second kappa shape index (κ2) is 7.46.